The second-order valence-electron chi connectivity index (χ2n) is 6.46. The van der Waals surface area contributed by atoms with Gasteiger partial charge in [-0.3, -0.25) is 4.79 Å². The highest BCUT2D eigenvalue weighted by Gasteiger charge is 2.41. The molecule has 1 aliphatic rings. The number of amides is 1. The quantitative estimate of drug-likeness (QED) is 0.731. The van der Waals surface area contributed by atoms with Crippen molar-refractivity contribution in [2.45, 2.75) is 35.2 Å². The summed E-state index contributed by atoms with van der Waals surface area (Å²) in [5.74, 6) is -1.21. The third-order valence-electron chi connectivity index (χ3n) is 4.54. The van der Waals surface area contributed by atoms with Gasteiger partial charge in [0.05, 0.1) is 20.7 Å². The topological polar surface area (TPSA) is 63.2 Å². The van der Waals surface area contributed by atoms with Gasteiger partial charge in [-0.25, -0.2) is 12.8 Å². The summed E-state index contributed by atoms with van der Waals surface area (Å²) in [4.78, 5) is 11.7. The van der Waals surface area contributed by atoms with Crippen LogP contribution >= 0.6 is 11.6 Å². The first-order valence-electron chi connectivity index (χ1n) is 8.15. The molecule has 4 nitrogen and oxygen atoms in total. The maximum atomic E-state index is 13.1. The van der Waals surface area contributed by atoms with Gasteiger partial charge in [0.2, 0.25) is 0 Å². The van der Waals surface area contributed by atoms with Crippen molar-refractivity contribution >= 4 is 27.3 Å². The zero-order valence-corrected chi connectivity index (χ0v) is 15.7. The van der Waals surface area contributed by atoms with Crippen LogP contribution in [0.15, 0.2) is 47.4 Å². The molecular formula is C18H14ClF4NO3S. The highest BCUT2D eigenvalue weighted by atomic mass is 35.5. The smallest absolute Gasteiger partial charge is 0.349 e. The van der Waals surface area contributed by atoms with Gasteiger partial charge in [0.1, 0.15) is 5.82 Å². The molecule has 0 aliphatic heterocycles. The molecule has 0 radical (unpaired) electrons. The predicted octanol–water partition coefficient (Wildman–Crippen LogP) is 4.23. The lowest BCUT2D eigenvalue weighted by molar-refractivity contribution is -0.137. The second kappa shape index (κ2) is 7.36. The van der Waals surface area contributed by atoms with Crippen molar-refractivity contribution in [2.24, 2.45) is 0 Å². The maximum absolute atomic E-state index is 13.1. The van der Waals surface area contributed by atoms with Crippen molar-refractivity contribution in [1.29, 1.82) is 0 Å². The van der Waals surface area contributed by atoms with E-state index in [2.05, 4.69) is 5.32 Å². The number of hydrogen-bond acceptors (Lipinski definition) is 3. The van der Waals surface area contributed by atoms with Gasteiger partial charge in [-0.15, -0.1) is 0 Å². The Kier molecular flexibility index (Phi) is 5.42. The van der Waals surface area contributed by atoms with Crippen LogP contribution in [0.3, 0.4) is 0 Å². The molecular weight excluding hydrogens is 422 g/mol. The summed E-state index contributed by atoms with van der Waals surface area (Å²) in [5.41, 5.74) is -0.915. The van der Waals surface area contributed by atoms with E-state index in [9.17, 15) is 30.8 Å². The van der Waals surface area contributed by atoms with E-state index in [-0.39, 0.29) is 23.4 Å². The van der Waals surface area contributed by atoms with E-state index in [1.807, 2.05) is 0 Å². The van der Waals surface area contributed by atoms with Gasteiger partial charge < -0.3 is 5.32 Å². The fourth-order valence-corrected chi connectivity index (χ4v) is 4.98. The SMILES string of the molecule is O=C(NC1CC(S(=O)(=O)c2cccc(C(F)(F)F)c2)C1)c1ccc(F)c(Cl)c1. The molecule has 10 heteroatoms. The number of hydrogen-bond donors (Lipinski definition) is 1. The number of alkyl halides is 3. The minimum Gasteiger partial charge on any atom is -0.349 e. The minimum absolute atomic E-state index is 0.0687. The molecule has 28 heavy (non-hydrogen) atoms. The van der Waals surface area contributed by atoms with Crippen LogP contribution < -0.4 is 5.32 Å². The average molecular weight is 436 g/mol. The molecule has 0 saturated heterocycles. The molecule has 2 aromatic rings. The van der Waals surface area contributed by atoms with Gasteiger partial charge in [0, 0.05) is 11.6 Å². The molecule has 1 aliphatic carbocycles. The number of rotatable bonds is 4. The van der Waals surface area contributed by atoms with Crippen molar-refractivity contribution in [3.05, 3.63) is 64.4 Å². The van der Waals surface area contributed by atoms with Crippen LogP contribution in [-0.4, -0.2) is 25.6 Å². The monoisotopic (exact) mass is 435 g/mol. The molecule has 0 unspecified atom stereocenters. The zero-order valence-electron chi connectivity index (χ0n) is 14.1. The molecule has 3 rings (SSSR count). The number of benzene rings is 2. The molecule has 1 amide bonds. The Morgan fingerprint density at radius 1 is 1.11 bits per heavy atom. The summed E-state index contributed by atoms with van der Waals surface area (Å²) in [6, 6.07) is 6.57. The van der Waals surface area contributed by atoms with Crippen LogP contribution in [0.5, 0.6) is 0 Å². The van der Waals surface area contributed by atoms with Gasteiger partial charge in [0.25, 0.3) is 5.91 Å². The van der Waals surface area contributed by atoms with E-state index in [1.54, 1.807) is 0 Å². The number of sulfone groups is 1. The standard InChI is InChI=1S/C18H14ClF4NO3S/c19-15-6-10(4-5-16(15)20)17(25)24-12-8-14(9-12)28(26,27)13-3-1-2-11(7-13)18(21,22)23/h1-7,12,14H,8-9H2,(H,24,25). The maximum Gasteiger partial charge on any atom is 0.416 e. The Morgan fingerprint density at radius 3 is 2.39 bits per heavy atom. The molecule has 0 bridgehead atoms. The van der Waals surface area contributed by atoms with Crippen LogP contribution in [0.1, 0.15) is 28.8 Å². The summed E-state index contributed by atoms with van der Waals surface area (Å²) in [6.45, 7) is 0. The van der Waals surface area contributed by atoms with E-state index in [0.29, 0.717) is 6.07 Å². The molecule has 0 atom stereocenters. The first kappa shape index (κ1) is 20.6. The third-order valence-corrected chi connectivity index (χ3v) is 7.00. The highest BCUT2D eigenvalue weighted by molar-refractivity contribution is 7.92. The lowest BCUT2D eigenvalue weighted by Crippen LogP contribution is -2.49. The molecule has 150 valence electrons. The van der Waals surface area contributed by atoms with Gasteiger partial charge in [-0.2, -0.15) is 13.2 Å². The van der Waals surface area contributed by atoms with Crippen LogP contribution in [0.4, 0.5) is 17.6 Å². The summed E-state index contributed by atoms with van der Waals surface area (Å²) >= 11 is 5.62. The first-order chi connectivity index (χ1) is 13.0. The van der Waals surface area contributed by atoms with Crippen LogP contribution in [0.25, 0.3) is 0 Å². The van der Waals surface area contributed by atoms with Crippen molar-refractivity contribution in [1.82, 2.24) is 5.32 Å². The van der Waals surface area contributed by atoms with E-state index in [0.717, 1.165) is 30.3 Å². The Bertz CT molecular complexity index is 1020. The molecule has 2 aromatic carbocycles. The van der Waals surface area contributed by atoms with Crippen LogP contribution in [0, 0.1) is 5.82 Å². The highest BCUT2D eigenvalue weighted by Crippen LogP contribution is 2.35. The van der Waals surface area contributed by atoms with Crippen molar-refractivity contribution in [2.75, 3.05) is 0 Å². The number of halogens is 5. The lowest BCUT2D eigenvalue weighted by atomic mass is 9.92. The minimum atomic E-state index is -4.64. The summed E-state index contributed by atoms with van der Waals surface area (Å²) in [7, 11) is -3.95. The summed E-state index contributed by atoms with van der Waals surface area (Å²) in [6.07, 6.45) is -4.50. The Labute approximate surface area is 163 Å². The molecule has 0 heterocycles. The van der Waals surface area contributed by atoms with Gasteiger partial charge in [-0.05, 0) is 49.2 Å². The lowest BCUT2D eigenvalue weighted by Gasteiger charge is -2.35. The Morgan fingerprint density at radius 2 is 1.79 bits per heavy atom. The number of carbonyl (C=O) groups is 1. The average Bonchev–Trinajstić information content (AvgIpc) is 2.59. The molecule has 1 saturated carbocycles. The fourth-order valence-electron chi connectivity index (χ4n) is 2.88. The first-order valence-corrected chi connectivity index (χ1v) is 10.1. The summed E-state index contributed by atoms with van der Waals surface area (Å²) < 4.78 is 76.6. The molecule has 1 N–H and O–H groups in total. The van der Waals surface area contributed by atoms with E-state index < -0.39 is 49.5 Å². The molecule has 1 fully saturated rings. The molecule has 0 aromatic heterocycles. The van der Waals surface area contributed by atoms with E-state index in [4.69, 9.17) is 11.6 Å². The van der Waals surface area contributed by atoms with E-state index >= 15 is 0 Å². The van der Waals surface area contributed by atoms with Crippen molar-refractivity contribution in [3.8, 4) is 0 Å². The Balaban J connectivity index is 1.65. The third kappa shape index (κ3) is 4.15. The van der Waals surface area contributed by atoms with Gasteiger partial charge in [-0.1, -0.05) is 17.7 Å². The predicted molar refractivity (Wildman–Crippen MR) is 94.3 cm³/mol. The van der Waals surface area contributed by atoms with Crippen molar-refractivity contribution < 1.29 is 30.8 Å². The fraction of sp³-hybridized carbons (Fsp3) is 0.278. The number of nitrogens with one attached hydrogen (secondary N) is 1. The molecule has 0 spiro atoms. The van der Waals surface area contributed by atoms with Gasteiger partial charge in [0.15, 0.2) is 9.84 Å². The second-order valence-corrected chi connectivity index (χ2v) is 9.10. The number of carbonyl (C=O) groups excluding carboxylic acids is 1. The van der Waals surface area contributed by atoms with Gasteiger partial charge >= 0.3 is 6.18 Å². The van der Waals surface area contributed by atoms with E-state index in [1.165, 1.54) is 6.07 Å². The largest absolute Gasteiger partial charge is 0.416 e. The zero-order chi connectivity index (χ0) is 20.7. The van der Waals surface area contributed by atoms with Crippen LogP contribution in [0.2, 0.25) is 5.02 Å². The normalized spacial score (nSPS) is 19.8. The Hall–Kier alpha value is -2.13. The summed E-state index contributed by atoms with van der Waals surface area (Å²) in [5, 5.41) is 1.50. The van der Waals surface area contributed by atoms with Crippen LogP contribution in [-0.2, 0) is 16.0 Å². The van der Waals surface area contributed by atoms with Crippen molar-refractivity contribution in [3.63, 3.8) is 0 Å².